The molecule has 0 aliphatic rings. The third-order valence-electron chi connectivity index (χ3n) is 3.25. The number of sulfonamides is 1. The van der Waals surface area contributed by atoms with Crippen LogP contribution in [0.4, 0.5) is 0 Å². The van der Waals surface area contributed by atoms with Crippen molar-refractivity contribution in [3.05, 3.63) is 27.7 Å². The normalized spacial score (nSPS) is 15.5. The van der Waals surface area contributed by atoms with Gasteiger partial charge >= 0.3 is 0 Å². The minimum absolute atomic E-state index is 0.0534. The lowest BCUT2D eigenvalue weighted by Crippen LogP contribution is -2.54. The summed E-state index contributed by atoms with van der Waals surface area (Å²) in [4.78, 5) is 0.0534. The third-order valence-corrected chi connectivity index (χ3v) is 5.84. The maximum absolute atomic E-state index is 12.4. The zero-order valence-electron chi connectivity index (χ0n) is 11.1. The Bertz CT molecular complexity index is 563. The molecule has 0 saturated heterocycles. The molecule has 0 aromatic heterocycles. The van der Waals surface area contributed by atoms with E-state index in [1.807, 2.05) is 13.8 Å². The molecule has 108 valence electrons. The highest BCUT2D eigenvalue weighted by Crippen LogP contribution is 2.27. The quantitative estimate of drug-likeness (QED) is 0.838. The summed E-state index contributed by atoms with van der Waals surface area (Å²) in [5.41, 5.74) is 4.97. The maximum Gasteiger partial charge on any atom is 0.242 e. The second kappa shape index (κ2) is 6.10. The van der Waals surface area contributed by atoms with E-state index in [-0.39, 0.29) is 22.4 Å². The van der Waals surface area contributed by atoms with Crippen molar-refractivity contribution in [3.8, 4) is 0 Å². The fraction of sp³-hybridized carbons (Fsp3) is 0.500. The predicted molar refractivity (Wildman–Crippen MR) is 81.8 cm³/mol. The fourth-order valence-corrected chi connectivity index (χ4v) is 4.03. The van der Waals surface area contributed by atoms with Gasteiger partial charge in [0.1, 0.15) is 4.90 Å². The van der Waals surface area contributed by atoms with Gasteiger partial charge in [0.05, 0.1) is 5.02 Å². The lowest BCUT2D eigenvalue weighted by molar-refractivity contribution is 0.315. The minimum Gasteiger partial charge on any atom is -0.329 e. The van der Waals surface area contributed by atoms with E-state index in [1.54, 1.807) is 19.1 Å². The Morgan fingerprint density at radius 3 is 2.47 bits per heavy atom. The van der Waals surface area contributed by atoms with Gasteiger partial charge in [-0.2, -0.15) is 0 Å². The zero-order valence-corrected chi connectivity index (χ0v) is 14.2. The lowest BCUT2D eigenvalue weighted by Gasteiger charge is -2.33. The van der Waals surface area contributed by atoms with Crippen molar-refractivity contribution < 1.29 is 8.42 Å². The highest BCUT2D eigenvalue weighted by molar-refractivity contribution is 9.10. The number of hydrogen-bond donors (Lipinski definition) is 2. The number of nitrogens with one attached hydrogen (secondary N) is 1. The Kier molecular flexibility index (Phi) is 5.43. The average Bonchev–Trinajstić information content (AvgIpc) is 2.27. The van der Waals surface area contributed by atoms with Crippen LogP contribution in [0.5, 0.6) is 0 Å². The Morgan fingerprint density at radius 2 is 2.05 bits per heavy atom. The first-order valence-corrected chi connectivity index (χ1v) is 8.47. The fourth-order valence-electron chi connectivity index (χ4n) is 1.45. The standard InChI is InChI=1S/C12H18BrClN2O2S/c1-8(2)12(3,7-15)16-19(17,18)11-5-4-9(13)6-10(11)14/h4-6,8,16H,7,15H2,1-3H3. The zero-order chi connectivity index (χ0) is 14.8. The maximum atomic E-state index is 12.4. The van der Waals surface area contributed by atoms with E-state index in [4.69, 9.17) is 17.3 Å². The summed E-state index contributed by atoms with van der Waals surface area (Å²) in [6.07, 6.45) is 0. The van der Waals surface area contributed by atoms with E-state index in [1.165, 1.54) is 6.07 Å². The lowest BCUT2D eigenvalue weighted by atomic mass is 9.90. The van der Waals surface area contributed by atoms with Crippen LogP contribution in [0.1, 0.15) is 20.8 Å². The van der Waals surface area contributed by atoms with E-state index in [9.17, 15) is 8.42 Å². The first-order chi connectivity index (χ1) is 8.62. The van der Waals surface area contributed by atoms with Crippen molar-refractivity contribution in [2.24, 2.45) is 11.7 Å². The molecule has 1 rings (SSSR count). The SMILES string of the molecule is CC(C)C(C)(CN)NS(=O)(=O)c1ccc(Br)cc1Cl. The number of benzene rings is 1. The van der Waals surface area contributed by atoms with E-state index in [0.717, 1.165) is 4.47 Å². The molecular weight excluding hydrogens is 352 g/mol. The van der Waals surface area contributed by atoms with Crippen molar-refractivity contribution in [2.45, 2.75) is 31.2 Å². The molecule has 0 saturated carbocycles. The van der Waals surface area contributed by atoms with Crippen LogP contribution < -0.4 is 10.5 Å². The molecule has 0 bridgehead atoms. The molecule has 1 unspecified atom stereocenters. The van der Waals surface area contributed by atoms with Crippen LogP contribution in [-0.4, -0.2) is 20.5 Å². The molecule has 0 spiro atoms. The van der Waals surface area contributed by atoms with Crippen molar-refractivity contribution in [1.82, 2.24) is 4.72 Å². The number of halogens is 2. The third kappa shape index (κ3) is 3.92. The number of nitrogens with two attached hydrogens (primary N) is 1. The van der Waals surface area contributed by atoms with Gasteiger partial charge in [-0.3, -0.25) is 0 Å². The van der Waals surface area contributed by atoms with Crippen LogP contribution in [-0.2, 0) is 10.0 Å². The minimum atomic E-state index is -3.71. The number of rotatable bonds is 5. The van der Waals surface area contributed by atoms with E-state index < -0.39 is 15.6 Å². The molecule has 1 aromatic carbocycles. The summed E-state index contributed by atoms with van der Waals surface area (Å²) in [6, 6.07) is 4.65. The largest absolute Gasteiger partial charge is 0.329 e. The second-order valence-corrected chi connectivity index (χ2v) is 7.93. The molecule has 0 radical (unpaired) electrons. The van der Waals surface area contributed by atoms with Crippen LogP contribution in [0.2, 0.25) is 5.02 Å². The molecular formula is C12H18BrClN2O2S. The molecule has 0 aliphatic carbocycles. The smallest absolute Gasteiger partial charge is 0.242 e. The van der Waals surface area contributed by atoms with Gasteiger partial charge in [-0.25, -0.2) is 13.1 Å². The molecule has 0 aliphatic heterocycles. The van der Waals surface area contributed by atoms with Crippen molar-refractivity contribution in [1.29, 1.82) is 0 Å². The van der Waals surface area contributed by atoms with Gasteiger partial charge in [-0.1, -0.05) is 41.4 Å². The van der Waals surface area contributed by atoms with Crippen molar-refractivity contribution in [2.75, 3.05) is 6.54 Å². The summed E-state index contributed by atoms with van der Waals surface area (Å²) in [6.45, 7) is 5.82. The summed E-state index contributed by atoms with van der Waals surface area (Å²) in [5, 5.41) is 0.171. The molecule has 3 N–H and O–H groups in total. The Labute approximate surface area is 127 Å². The van der Waals surface area contributed by atoms with Gasteiger partial charge < -0.3 is 5.73 Å². The molecule has 0 amide bonds. The summed E-state index contributed by atoms with van der Waals surface area (Å²) in [5.74, 6) is 0.0569. The van der Waals surface area contributed by atoms with Gasteiger partial charge in [0.2, 0.25) is 10.0 Å². The van der Waals surface area contributed by atoms with Crippen LogP contribution in [0.3, 0.4) is 0 Å². The first-order valence-electron chi connectivity index (χ1n) is 5.81. The Morgan fingerprint density at radius 1 is 1.47 bits per heavy atom. The van der Waals surface area contributed by atoms with E-state index >= 15 is 0 Å². The van der Waals surface area contributed by atoms with Crippen LogP contribution >= 0.6 is 27.5 Å². The van der Waals surface area contributed by atoms with Crippen LogP contribution in [0, 0.1) is 5.92 Å². The topological polar surface area (TPSA) is 72.2 Å². The molecule has 1 aromatic rings. The number of hydrogen-bond acceptors (Lipinski definition) is 3. The average molecular weight is 370 g/mol. The molecule has 0 heterocycles. The van der Waals surface area contributed by atoms with Gasteiger partial charge in [0, 0.05) is 16.6 Å². The monoisotopic (exact) mass is 368 g/mol. The van der Waals surface area contributed by atoms with Crippen LogP contribution in [0.15, 0.2) is 27.6 Å². The van der Waals surface area contributed by atoms with Crippen molar-refractivity contribution >= 4 is 37.6 Å². The van der Waals surface area contributed by atoms with E-state index in [2.05, 4.69) is 20.7 Å². The van der Waals surface area contributed by atoms with Gasteiger partial charge in [-0.15, -0.1) is 0 Å². The first kappa shape index (κ1) is 16.9. The predicted octanol–water partition coefficient (Wildman–Crippen LogP) is 2.75. The van der Waals surface area contributed by atoms with Gasteiger partial charge in [0.25, 0.3) is 0 Å². The Balaban J connectivity index is 3.18. The molecule has 0 fully saturated rings. The van der Waals surface area contributed by atoms with Gasteiger partial charge in [-0.05, 0) is 31.0 Å². The molecule has 19 heavy (non-hydrogen) atoms. The second-order valence-electron chi connectivity index (χ2n) is 4.96. The highest BCUT2D eigenvalue weighted by Gasteiger charge is 2.33. The summed E-state index contributed by atoms with van der Waals surface area (Å²) in [7, 11) is -3.71. The van der Waals surface area contributed by atoms with Crippen molar-refractivity contribution in [3.63, 3.8) is 0 Å². The molecule has 1 atom stereocenters. The molecule has 4 nitrogen and oxygen atoms in total. The summed E-state index contributed by atoms with van der Waals surface area (Å²) < 4.78 is 28.1. The van der Waals surface area contributed by atoms with E-state index in [0.29, 0.717) is 0 Å². The van der Waals surface area contributed by atoms with Gasteiger partial charge in [0.15, 0.2) is 0 Å². The summed E-state index contributed by atoms with van der Waals surface area (Å²) >= 11 is 9.23. The Hall–Kier alpha value is -0.140. The van der Waals surface area contributed by atoms with Crippen LogP contribution in [0.25, 0.3) is 0 Å². The molecule has 7 heteroatoms. The highest BCUT2D eigenvalue weighted by atomic mass is 79.9.